The van der Waals surface area contributed by atoms with E-state index in [2.05, 4.69) is 26.2 Å². The Morgan fingerprint density at radius 2 is 2.22 bits per heavy atom. The molecule has 0 saturated carbocycles. The molecule has 94 valence electrons. The Morgan fingerprint density at radius 1 is 1.39 bits per heavy atom. The summed E-state index contributed by atoms with van der Waals surface area (Å²) in [6.45, 7) is 1.05. The standard InChI is InChI=1S/C12H11BrN2O2S/c1-14-5-8-11(13)18-12(15-8)7-2-3-9-10(4-7)17-6-16-9/h2-4,14H,5-6H2,1H3. The first-order valence-electron chi connectivity index (χ1n) is 5.48. The van der Waals surface area contributed by atoms with Crippen molar-refractivity contribution in [2.45, 2.75) is 6.54 Å². The first-order valence-corrected chi connectivity index (χ1v) is 7.08. The van der Waals surface area contributed by atoms with E-state index in [9.17, 15) is 0 Å². The molecule has 1 aliphatic rings. The first-order chi connectivity index (χ1) is 8.78. The summed E-state index contributed by atoms with van der Waals surface area (Å²) in [6, 6.07) is 5.89. The number of benzene rings is 1. The molecule has 0 atom stereocenters. The van der Waals surface area contributed by atoms with Crippen molar-refractivity contribution in [3.8, 4) is 22.1 Å². The lowest BCUT2D eigenvalue weighted by atomic mass is 10.2. The van der Waals surface area contributed by atoms with Crippen molar-refractivity contribution >= 4 is 27.3 Å². The molecular formula is C12H11BrN2O2S. The molecule has 0 spiro atoms. The molecule has 2 aromatic rings. The summed E-state index contributed by atoms with van der Waals surface area (Å²) in [7, 11) is 1.91. The van der Waals surface area contributed by atoms with Gasteiger partial charge >= 0.3 is 0 Å². The zero-order valence-electron chi connectivity index (χ0n) is 9.70. The van der Waals surface area contributed by atoms with E-state index in [0.29, 0.717) is 6.79 Å². The molecule has 1 aromatic heterocycles. The highest BCUT2D eigenvalue weighted by atomic mass is 79.9. The van der Waals surface area contributed by atoms with Crippen molar-refractivity contribution in [3.05, 3.63) is 27.7 Å². The van der Waals surface area contributed by atoms with Gasteiger partial charge in [-0.05, 0) is 41.2 Å². The molecule has 1 aliphatic heterocycles. The molecule has 2 heterocycles. The van der Waals surface area contributed by atoms with Crippen LogP contribution >= 0.6 is 27.3 Å². The lowest BCUT2D eigenvalue weighted by Crippen LogP contribution is -2.05. The third-order valence-corrected chi connectivity index (χ3v) is 4.49. The van der Waals surface area contributed by atoms with Gasteiger partial charge in [-0.1, -0.05) is 0 Å². The lowest BCUT2D eigenvalue weighted by Gasteiger charge is -1.99. The van der Waals surface area contributed by atoms with E-state index >= 15 is 0 Å². The van der Waals surface area contributed by atoms with E-state index < -0.39 is 0 Å². The van der Waals surface area contributed by atoms with Gasteiger partial charge in [0, 0.05) is 12.1 Å². The zero-order chi connectivity index (χ0) is 12.5. The van der Waals surface area contributed by atoms with Crippen molar-refractivity contribution in [2.24, 2.45) is 0 Å². The highest BCUT2D eigenvalue weighted by Crippen LogP contribution is 2.38. The second kappa shape index (κ2) is 4.87. The first kappa shape index (κ1) is 12.0. The summed E-state index contributed by atoms with van der Waals surface area (Å²) in [5, 5.41) is 4.08. The van der Waals surface area contributed by atoms with Gasteiger partial charge in [0.05, 0.1) is 9.48 Å². The van der Waals surface area contributed by atoms with Crippen LogP contribution in [0.5, 0.6) is 11.5 Å². The lowest BCUT2D eigenvalue weighted by molar-refractivity contribution is 0.174. The monoisotopic (exact) mass is 326 g/mol. The van der Waals surface area contributed by atoms with Gasteiger partial charge in [0.25, 0.3) is 0 Å². The molecule has 1 aromatic carbocycles. The largest absolute Gasteiger partial charge is 0.454 e. The Bertz CT molecular complexity index is 585. The molecule has 0 unspecified atom stereocenters. The molecule has 3 rings (SSSR count). The van der Waals surface area contributed by atoms with Crippen molar-refractivity contribution in [1.29, 1.82) is 0 Å². The number of nitrogens with one attached hydrogen (secondary N) is 1. The number of fused-ring (bicyclic) bond motifs is 1. The van der Waals surface area contributed by atoms with E-state index in [-0.39, 0.29) is 0 Å². The third-order valence-electron chi connectivity index (χ3n) is 2.61. The molecule has 0 fully saturated rings. The number of ether oxygens (including phenoxy) is 2. The van der Waals surface area contributed by atoms with Crippen LogP contribution in [0.4, 0.5) is 0 Å². The minimum atomic E-state index is 0.297. The van der Waals surface area contributed by atoms with Gasteiger partial charge < -0.3 is 14.8 Å². The normalized spacial score (nSPS) is 13.0. The van der Waals surface area contributed by atoms with E-state index in [1.165, 1.54) is 0 Å². The van der Waals surface area contributed by atoms with Crippen LogP contribution in [0.15, 0.2) is 22.0 Å². The number of nitrogens with zero attached hydrogens (tertiary/aromatic N) is 1. The third kappa shape index (κ3) is 2.11. The van der Waals surface area contributed by atoms with Crippen molar-refractivity contribution in [1.82, 2.24) is 10.3 Å². The highest BCUT2D eigenvalue weighted by Gasteiger charge is 2.16. The maximum Gasteiger partial charge on any atom is 0.231 e. The number of thiazole rings is 1. The average Bonchev–Trinajstić information content (AvgIpc) is 2.96. The van der Waals surface area contributed by atoms with Crippen LogP contribution in [-0.4, -0.2) is 18.8 Å². The van der Waals surface area contributed by atoms with E-state index in [1.54, 1.807) is 11.3 Å². The quantitative estimate of drug-likeness (QED) is 0.941. The van der Waals surface area contributed by atoms with Crippen molar-refractivity contribution in [3.63, 3.8) is 0 Å². The Morgan fingerprint density at radius 3 is 3.06 bits per heavy atom. The Hall–Kier alpha value is -1.11. The molecule has 6 heteroatoms. The molecule has 18 heavy (non-hydrogen) atoms. The summed E-state index contributed by atoms with van der Waals surface area (Å²) in [5.74, 6) is 1.58. The Kier molecular flexibility index (Phi) is 3.23. The number of hydrogen-bond donors (Lipinski definition) is 1. The molecule has 0 bridgehead atoms. The summed E-state index contributed by atoms with van der Waals surface area (Å²) in [5.41, 5.74) is 2.07. The van der Waals surface area contributed by atoms with Gasteiger partial charge in [-0.25, -0.2) is 4.98 Å². The molecule has 0 saturated heterocycles. The summed E-state index contributed by atoms with van der Waals surface area (Å²) < 4.78 is 11.7. The summed E-state index contributed by atoms with van der Waals surface area (Å²) in [6.07, 6.45) is 0. The van der Waals surface area contributed by atoms with Gasteiger partial charge in [0.15, 0.2) is 11.5 Å². The Balaban J connectivity index is 1.97. The van der Waals surface area contributed by atoms with Crippen LogP contribution in [-0.2, 0) is 6.54 Å². The van der Waals surface area contributed by atoms with E-state index in [1.807, 2.05) is 25.2 Å². The fraction of sp³-hybridized carbons (Fsp3) is 0.250. The Labute approximate surface area is 117 Å². The van der Waals surface area contributed by atoms with Gasteiger partial charge in [0.1, 0.15) is 5.01 Å². The molecule has 1 N–H and O–H groups in total. The number of aromatic nitrogens is 1. The number of hydrogen-bond acceptors (Lipinski definition) is 5. The molecular weight excluding hydrogens is 316 g/mol. The van der Waals surface area contributed by atoms with Crippen LogP contribution in [0.25, 0.3) is 10.6 Å². The van der Waals surface area contributed by atoms with Crippen molar-refractivity contribution < 1.29 is 9.47 Å². The van der Waals surface area contributed by atoms with Crippen LogP contribution in [0.3, 0.4) is 0 Å². The summed E-state index contributed by atoms with van der Waals surface area (Å²) >= 11 is 5.16. The predicted octanol–water partition coefficient (Wildman–Crippen LogP) is 3.02. The van der Waals surface area contributed by atoms with Crippen LogP contribution < -0.4 is 14.8 Å². The predicted molar refractivity (Wildman–Crippen MR) is 74.1 cm³/mol. The van der Waals surface area contributed by atoms with Crippen LogP contribution in [0.1, 0.15) is 5.69 Å². The highest BCUT2D eigenvalue weighted by molar-refractivity contribution is 9.11. The maximum absolute atomic E-state index is 5.38. The molecule has 0 amide bonds. The molecule has 0 radical (unpaired) electrons. The number of rotatable bonds is 3. The average molecular weight is 327 g/mol. The molecule has 4 nitrogen and oxygen atoms in total. The smallest absolute Gasteiger partial charge is 0.231 e. The van der Waals surface area contributed by atoms with Gasteiger partial charge in [-0.3, -0.25) is 0 Å². The summed E-state index contributed by atoms with van der Waals surface area (Å²) in [4.78, 5) is 4.61. The molecule has 0 aliphatic carbocycles. The van der Waals surface area contributed by atoms with E-state index in [0.717, 1.165) is 38.1 Å². The zero-order valence-corrected chi connectivity index (χ0v) is 12.1. The van der Waals surface area contributed by atoms with Crippen molar-refractivity contribution in [2.75, 3.05) is 13.8 Å². The maximum atomic E-state index is 5.38. The van der Waals surface area contributed by atoms with E-state index in [4.69, 9.17) is 9.47 Å². The fourth-order valence-electron chi connectivity index (χ4n) is 1.76. The SMILES string of the molecule is CNCc1nc(-c2ccc3c(c2)OCO3)sc1Br. The number of halogens is 1. The second-order valence-electron chi connectivity index (χ2n) is 3.84. The minimum absolute atomic E-state index is 0.297. The topological polar surface area (TPSA) is 43.4 Å². The fourth-order valence-corrected chi connectivity index (χ4v) is 3.26. The van der Waals surface area contributed by atoms with Crippen LogP contribution in [0.2, 0.25) is 0 Å². The van der Waals surface area contributed by atoms with Gasteiger partial charge in [-0.2, -0.15) is 0 Å². The second-order valence-corrected chi connectivity index (χ2v) is 6.15. The van der Waals surface area contributed by atoms with Gasteiger partial charge in [0.2, 0.25) is 6.79 Å². The van der Waals surface area contributed by atoms with Crippen LogP contribution in [0, 0.1) is 0 Å². The minimum Gasteiger partial charge on any atom is -0.454 e. The van der Waals surface area contributed by atoms with Gasteiger partial charge in [-0.15, -0.1) is 11.3 Å².